The highest BCUT2D eigenvalue weighted by Gasteiger charge is 2.47. The Morgan fingerprint density at radius 2 is 1.89 bits per heavy atom. The Labute approximate surface area is 224 Å². The Bertz CT molecular complexity index is 883. The van der Waals surface area contributed by atoms with Crippen molar-refractivity contribution in [3.05, 3.63) is 17.5 Å². The van der Waals surface area contributed by atoms with Gasteiger partial charge in [0.15, 0.2) is 0 Å². The fraction of sp³-hybridized carbons (Fsp3) is 0.862. The van der Waals surface area contributed by atoms with Crippen molar-refractivity contribution in [2.45, 2.75) is 115 Å². The van der Waals surface area contributed by atoms with Crippen LogP contribution in [0.1, 0.15) is 108 Å². The Kier molecular flexibility index (Phi) is 9.23. The van der Waals surface area contributed by atoms with Gasteiger partial charge in [0.05, 0.1) is 11.8 Å². The van der Waals surface area contributed by atoms with E-state index < -0.39 is 5.60 Å². The third-order valence-corrected chi connectivity index (χ3v) is 8.64. The van der Waals surface area contributed by atoms with Crippen LogP contribution in [0, 0.1) is 5.41 Å². The summed E-state index contributed by atoms with van der Waals surface area (Å²) in [4.78, 5) is 16.3. The SMILES string of the molecule is COC1CCC(c2nn(C3CCCCO3)cc2CN(C)CCN(C)C(=O)OC(C)(C)C)CC12CCCC2. The molecule has 1 aromatic rings. The first kappa shape index (κ1) is 28.4. The fourth-order valence-electron chi connectivity index (χ4n) is 6.70. The molecule has 3 unspecified atom stereocenters. The van der Waals surface area contributed by atoms with Crippen molar-refractivity contribution < 1.29 is 19.0 Å². The highest BCUT2D eigenvalue weighted by atomic mass is 16.6. The number of aromatic nitrogens is 2. The van der Waals surface area contributed by atoms with Crippen LogP contribution in [0.4, 0.5) is 4.79 Å². The second kappa shape index (κ2) is 12.0. The molecule has 1 spiro atoms. The molecular formula is C29H50N4O4. The lowest BCUT2D eigenvalue weighted by molar-refractivity contribution is -0.0477. The summed E-state index contributed by atoms with van der Waals surface area (Å²) in [5.74, 6) is 0.460. The molecule has 1 amide bonds. The monoisotopic (exact) mass is 518 g/mol. The lowest BCUT2D eigenvalue weighted by atomic mass is 9.65. The third-order valence-electron chi connectivity index (χ3n) is 8.64. The molecule has 3 aliphatic rings. The molecule has 4 rings (SSSR count). The second-order valence-electron chi connectivity index (χ2n) is 12.8. The van der Waals surface area contributed by atoms with Gasteiger partial charge in [-0.1, -0.05) is 12.8 Å². The van der Waals surface area contributed by atoms with Gasteiger partial charge in [0.25, 0.3) is 0 Å². The molecule has 8 heteroatoms. The number of carbonyl (C=O) groups is 1. The maximum absolute atomic E-state index is 12.4. The third kappa shape index (κ3) is 7.07. The zero-order valence-corrected chi connectivity index (χ0v) is 24.1. The van der Waals surface area contributed by atoms with E-state index in [1.54, 1.807) is 11.9 Å². The van der Waals surface area contributed by atoms with Crippen LogP contribution in [0.2, 0.25) is 0 Å². The van der Waals surface area contributed by atoms with Crippen LogP contribution in [-0.4, -0.2) is 78.3 Å². The van der Waals surface area contributed by atoms with Crippen molar-refractivity contribution in [3.63, 3.8) is 0 Å². The van der Waals surface area contributed by atoms with Gasteiger partial charge in [0, 0.05) is 58.1 Å². The Morgan fingerprint density at radius 3 is 2.54 bits per heavy atom. The van der Waals surface area contributed by atoms with Gasteiger partial charge in [-0.05, 0) is 84.6 Å². The first-order valence-electron chi connectivity index (χ1n) is 14.5. The number of amides is 1. The molecule has 37 heavy (non-hydrogen) atoms. The average Bonchev–Trinajstić information content (AvgIpc) is 3.49. The topological polar surface area (TPSA) is 69.1 Å². The van der Waals surface area contributed by atoms with Crippen LogP contribution in [0.15, 0.2) is 6.20 Å². The summed E-state index contributed by atoms with van der Waals surface area (Å²) in [6, 6.07) is 0. The first-order valence-corrected chi connectivity index (χ1v) is 14.5. The Morgan fingerprint density at radius 1 is 1.14 bits per heavy atom. The first-order chi connectivity index (χ1) is 17.6. The minimum absolute atomic E-state index is 0.0422. The fourth-order valence-corrected chi connectivity index (χ4v) is 6.70. The maximum atomic E-state index is 12.4. The van der Waals surface area contributed by atoms with E-state index in [-0.39, 0.29) is 12.3 Å². The summed E-state index contributed by atoms with van der Waals surface area (Å²) in [5.41, 5.74) is 2.37. The van der Waals surface area contributed by atoms with Crippen LogP contribution in [0.5, 0.6) is 0 Å². The van der Waals surface area contributed by atoms with E-state index >= 15 is 0 Å². The number of likely N-dealkylation sites (N-methyl/N-ethyl adjacent to an activating group) is 2. The zero-order valence-electron chi connectivity index (χ0n) is 24.1. The second-order valence-corrected chi connectivity index (χ2v) is 12.8. The summed E-state index contributed by atoms with van der Waals surface area (Å²) >= 11 is 0. The predicted octanol–water partition coefficient (Wildman–Crippen LogP) is 5.72. The van der Waals surface area contributed by atoms with Crippen LogP contribution >= 0.6 is 0 Å². The summed E-state index contributed by atoms with van der Waals surface area (Å²) in [6.07, 6.45) is 14.3. The van der Waals surface area contributed by atoms with Crippen molar-refractivity contribution in [1.82, 2.24) is 19.6 Å². The summed E-state index contributed by atoms with van der Waals surface area (Å²) in [5, 5.41) is 5.22. The highest BCUT2D eigenvalue weighted by Crippen LogP contribution is 2.54. The van der Waals surface area contributed by atoms with Gasteiger partial charge in [-0.15, -0.1) is 0 Å². The number of hydrogen-bond donors (Lipinski definition) is 0. The quantitative estimate of drug-likeness (QED) is 0.438. The number of nitrogens with zero attached hydrogens (tertiary/aromatic N) is 4. The average molecular weight is 519 g/mol. The smallest absolute Gasteiger partial charge is 0.410 e. The predicted molar refractivity (Wildman–Crippen MR) is 145 cm³/mol. The molecule has 0 radical (unpaired) electrons. The lowest BCUT2D eigenvalue weighted by Gasteiger charge is -2.44. The van der Waals surface area contributed by atoms with Gasteiger partial charge in [0.1, 0.15) is 11.8 Å². The molecule has 0 aromatic carbocycles. The standard InChI is InChI=1S/C29H50N4O4/c1-28(2,3)37-27(34)32(5)17-16-31(4)20-23-21-33(25-11-7-10-18-36-25)30-26(23)22-12-13-24(35-6)29(19-22)14-8-9-15-29/h21-22,24-25H,7-20H2,1-6H3. The molecule has 1 aromatic heterocycles. The van der Waals surface area contributed by atoms with E-state index in [0.29, 0.717) is 24.0 Å². The minimum Gasteiger partial charge on any atom is -0.444 e. The molecule has 2 saturated carbocycles. The van der Waals surface area contributed by atoms with Gasteiger partial charge in [0.2, 0.25) is 0 Å². The maximum Gasteiger partial charge on any atom is 0.410 e. The van der Waals surface area contributed by atoms with Gasteiger partial charge in [-0.25, -0.2) is 9.48 Å². The van der Waals surface area contributed by atoms with Crippen molar-refractivity contribution in [1.29, 1.82) is 0 Å². The van der Waals surface area contributed by atoms with E-state index in [1.807, 2.05) is 27.9 Å². The largest absolute Gasteiger partial charge is 0.444 e. The van der Waals surface area contributed by atoms with Crippen molar-refractivity contribution in [2.75, 3.05) is 40.9 Å². The molecule has 2 heterocycles. The molecule has 210 valence electrons. The van der Waals surface area contributed by atoms with E-state index in [4.69, 9.17) is 19.3 Å². The van der Waals surface area contributed by atoms with Gasteiger partial charge < -0.3 is 24.0 Å². The number of methoxy groups -OCH3 is 1. The Hall–Kier alpha value is -1.64. The van der Waals surface area contributed by atoms with Crippen molar-refractivity contribution in [3.8, 4) is 0 Å². The van der Waals surface area contributed by atoms with Crippen molar-refractivity contribution in [2.24, 2.45) is 5.41 Å². The molecule has 0 bridgehead atoms. The van der Waals surface area contributed by atoms with E-state index in [9.17, 15) is 4.79 Å². The van der Waals surface area contributed by atoms with Crippen LogP contribution in [0.3, 0.4) is 0 Å². The van der Waals surface area contributed by atoms with Crippen molar-refractivity contribution >= 4 is 6.09 Å². The van der Waals surface area contributed by atoms with E-state index in [1.165, 1.54) is 49.8 Å². The lowest BCUT2D eigenvalue weighted by Crippen LogP contribution is -2.40. The van der Waals surface area contributed by atoms with E-state index in [0.717, 1.165) is 45.4 Å². The molecule has 3 fully saturated rings. The molecule has 3 atom stereocenters. The van der Waals surface area contributed by atoms with Crippen LogP contribution in [0.25, 0.3) is 0 Å². The molecule has 1 aliphatic heterocycles. The summed E-state index contributed by atoms with van der Waals surface area (Å²) < 4.78 is 19.7. The molecule has 2 aliphatic carbocycles. The minimum atomic E-state index is -0.486. The number of ether oxygens (including phenoxy) is 3. The number of rotatable bonds is 8. The molecule has 1 saturated heterocycles. The summed E-state index contributed by atoms with van der Waals surface area (Å²) in [7, 11) is 5.83. The number of carbonyl (C=O) groups excluding carboxylic acids is 1. The Balaban J connectivity index is 1.47. The summed E-state index contributed by atoms with van der Waals surface area (Å²) in [6.45, 7) is 8.69. The zero-order chi connectivity index (χ0) is 26.6. The van der Waals surface area contributed by atoms with Crippen LogP contribution in [-0.2, 0) is 20.8 Å². The van der Waals surface area contributed by atoms with Crippen LogP contribution < -0.4 is 0 Å². The van der Waals surface area contributed by atoms with E-state index in [2.05, 4.69) is 22.8 Å². The normalized spacial score (nSPS) is 26.1. The molecule has 0 N–H and O–H groups in total. The number of hydrogen-bond acceptors (Lipinski definition) is 6. The van der Waals surface area contributed by atoms with Gasteiger partial charge in [-0.3, -0.25) is 0 Å². The van der Waals surface area contributed by atoms with Gasteiger partial charge in [-0.2, -0.15) is 5.10 Å². The van der Waals surface area contributed by atoms with Gasteiger partial charge >= 0.3 is 6.09 Å². The molecule has 8 nitrogen and oxygen atoms in total. The highest BCUT2D eigenvalue weighted by molar-refractivity contribution is 5.67. The molecular weight excluding hydrogens is 468 g/mol.